The summed E-state index contributed by atoms with van der Waals surface area (Å²) in [6.45, 7) is 5.76. The molecule has 1 heterocycles. The number of anilines is 1. The standard InChI is InChI=1S/C19H24N2O3/c1-3-15-8-9-16(21-10-4-5-11-21)13-18(15)19(24)20(2)17(14-23)7-6-12-22/h3,8-9,12-14,17H,1,4-7,10-11H2,2H3. The Morgan fingerprint density at radius 1 is 1.33 bits per heavy atom. The number of amides is 1. The van der Waals surface area contributed by atoms with E-state index in [0.717, 1.165) is 49.8 Å². The minimum absolute atomic E-state index is 0.228. The molecule has 1 aromatic rings. The van der Waals surface area contributed by atoms with Gasteiger partial charge in [0, 0.05) is 37.8 Å². The largest absolute Gasteiger partial charge is 0.372 e. The summed E-state index contributed by atoms with van der Waals surface area (Å²) >= 11 is 0. The molecule has 0 spiro atoms. The van der Waals surface area contributed by atoms with E-state index in [1.54, 1.807) is 13.1 Å². The summed E-state index contributed by atoms with van der Waals surface area (Å²) in [5.74, 6) is -0.228. The van der Waals surface area contributed by atoms with Crippen LogP contribution in [0.25, 0.3) is 6.08 Å². The van der Waals surface area contributed by atoms with Crippen LogP contribution in [-0.4, -0.2) is 49.6 Å². The van der Waals surface area contributed by atoms with Crippen molar-refractivity contribution in [2.45, 2.75) is 31.7 Å². The zero-order valence-corrected chi connectivity index (χ0v) is 14.1. The third-order valence-corrected chi connectivity index (χ3v) is 4.51. The SMILES string of the molecule is C=Cc1ccc(N2CCCC2)cc1C(=O)N(C)C(C=O)CCC=O. The highest BCUT2D eigenvalue weighted by molar-refractivity contribution is 5.99. The van der Waals surface area contributed by atoms with Gasteiger partial charge < -0.3 is 19.4 Å². The summed E-state index contributed by atoms with van der Waals surface area (Å²) in [5, 5.41) is 0. The predicted octanol–water partition coefficient (Wildman–Crippen LogP) is 2.55. The molecule has 0 saturated carbocycles. The number of carbonyl (C=O) groups excluding carboxylic acids is 3. The van der Waals surface area contributed by atoms with Crippen LogP contribution in [0.4, 0.5) is 5.69 Å². The Bertz CT molecular complexity index is 621. The van der Waals surface area contributed by atoms with Gasteiger partial charge in [0.15, 0.2) is 0 Å². The van der Waals surface area contributed by atoms with E-state index in [1.165, 1.54) is 4.90 Å². The molecule has 0 radical (unpaired) electrons. The molecule has 5 heteroatoms. The summed E-state index contributed by atoms with van der Waals surface area (Å²) in [7, 11) is 1.60. The minimum Gasteiger partial charge on any atom is -0.372 e. The van der Waals surface area contributed by atoms with Crippen LogP contribution in [0.15, 0.2) is 24.8 Å². The van der Waals surface area contributed by atoms with Gasteiger partial charge in [0.2, 0.25) is 0 Å². The first kappa shape index (κ1) is 17.9. The maximum absolute atomic E-state index is 12.9. The smallest absolute Gasteiger partial charge is 0.254 e. The molecular weight excluding hydrogens is 304 g/mol. The molecule has 1 fully saturated rings. The molecule has 0 bridgehead atoms. The van der Waals surface area contributed by atoms with E-state index in [1.807, 2.05) is 18.2 Å². The molecule has 1 unspecified atom stereocenters. The van der Waals surface area contributed by atoms with Crippen molar-refractivity contribution >= 4 is 30.2 Å². The number of hydrogen-bond donors (Lipinski definition) is 0. The minimum atomic E-state index is -0.601. The number of aldehydes is 2. The van der Waals surface area contributed by atoms with E-state index in [9.17, 15) is 14.4 Å². The van der Waals surface area contributed by atoms with Crippen molar-refractivity contribution in [2.24, 2.45) is 0 Å². The van der Waals surface area contributed by atoms with Crippen molar-refractivity contribution in [3.63, 3.8) is 0 Å². The number of nitrogens with zero attached hydrogens (tertiary/aromatic N) is 2. The third-order valence-electron chi connectivity index (χ3n) is 4.51. The zero-order valence-electron chi connectivity index (χ0n) is 14.1. The molecular formula is C19H24N2O3. The maximum atomic E-state index is 12.9. The molecule has 0 aliphatic carbocycles. The van der Waals surface area contributed by atoms with Gasteiger partial charge >= 0.3 is 0 Å². The fourth-order valence-electron chi connectivity index (χ4n) is 3.01. The Balaban J connectivity index is 2.28. The second-order valence-corrected chi connectivity index (χ2v) is 6.03. The van der Waals surface area contributed by atoms with Crippen LogP contribution in [0.1, 0.15) is 41.6 Å². The van der Waals surface area contributed by atoms with Crippen LogP contribution in [-0.2, 0) is 9.59 Å². The average molecular weight is 328 g/mol. The van der Waals surface area contributed by atoms with E-state index >= 15 is 0 Å². The second kappa shape index (κ2) is 8.43. The fraction of sp³-hybridized carbons (Fsp3) is 0.421. The van der Waals surface area contributed by atoms with Gasteiger partial charge in [-0.3, -0.25) is 4.79 Å². The van der Waals surface area contributed by atoms with Crippen molar-refractivity contribution < 1.29 is 14.4 Å². The lowest BCUT2D eigenvalue weighted by molar-refractivity contribution is -0.112. The van der Waals surface area contributed by atoms with Crippen molar-refractivity contribution in [1.29, 1.82) is 0 Å². The number of carbonyl (C=O) groups is 3. The molecule has 128 valence electrons. The average Bonchev–Trinajstić information content (AvgIpc) is 3.15. The van der Waals surface area contributed by atoms with Gasteiger partial charge in [-0.2, -0.15) is 0 Å². The first-order valence-corrected chi connectivity index (χ1v) is 8.30. The lowest BCUT2D eigenvalue weighted by atomic mass is 10.0. The summed E-state index contributed by atoms with van der Waals surface area (Å²) < 4.78 is 0. The van der Waals surface area contributed by atoms with Crippen molar-refractivity contribution in [2.75, 3.05) is 25.0 Å². The molecule has 5 nitrogen and oxygen atoms in total. The first-order valence-electron chi connectivity index (χ1n) is 8.30. The highest BCUT2D eigenvalue weighted by atomic mass is 16.2. The molecule has 1 amide bonds. The van der Waals surface area contributed by atoms with Crippen LogP contribution in [0.5, 0.6) is 0 Å². The van der Waals surface area contributed by atoms with Gasteiger partial charge in [0.1, 0.15) is 12.6 Å². The molecule has 0 aromatic heterocycles. The first-order chi connectivity index (χ1) is 11.6. The van der Waals surface area contributed by atoms with Crippen LogP contribution in [0.3, 0.4) is 0 Å². The third kappa shape index (κ3) is 3.91. The number of likely N-dealkylation sites (N-methyl/N-ethyl adjacent to an activating group) is 1. The van der Waals surface area contributed by atoms with Crippen molar-refractivity contribution in [3.8, 4) is 0 Å². The fourth-order valence-corrected chi connectivity index (χ4v) is 3.01. The lowest BCUT2D eigenvalue weighted by Gasteiger charge is -2.25. The van der Waals surface area contributed by atoms with Gasteiger partial charge in [-0.1, -0.05) is 18.7 Å². The van der Waals surface area contributed by atoms with Crippen molar-refractivity contribution in [3.05, 3.63) is 35.9 Å². The van der Waals surface area contributed by atoms with E-state index in [-0.39, 0.29) is 12.3 Å². The van der Waals surface area contributed by atoms with Crippen LogP contribution in [0, 0.1) is 0 Å². The Morgan fingerprint density at radius 3 is 2.62 bits per heavy atom. The summed E-state index contributed by atoms with van der Waals surface area (Å²) in [5.41, 5.74) is 2.30. The van der Waals surface area contributed by atoms with Gasteiger partial charge in [-0.15, -0.1) is 0 Å². The van der Waals surface area contributed by atoms with Crippen LogP contribution < -0.4 is 4.90 Å². The molecule has 0 N–H and O–H groups in total. The van der Waals surface area contributed by atoms with Crippen molar-refractivity contribution in [1.82, 2.24) is 4.90 Å². The van der Waals surface area contributed by atoms with E-state index in [0.29, 0.717) is 12.0 Å². The Morgan fingerprint density at radius 2 is 2.04 bits per heavy atom. The maximum Gasteiger partial charge on any atom is 0.254 e. The quantitative estimate of drug-likeness (QED) is 0.688. The summed E-state index contributed by atoms with van der Waals surface area (Å²) in [6.07, 6.45) is 6.04. The molecule has 1 saturated heterocycles. The molecule has 1 aliphatic heterocycles. The van der Waals surface area contributed by atoms with Crippen LogP contribution >= 0.6 is 0 Å². The monoisotopic (exact) mass is 328 g/mol. The van der Waals surface area contributed by atoms with Gasteiger partial charge in [0.25, 0.3) is 5.91 Å². The topological polar surface area (TPSA) is 57.7 Å². The zero-order chi connectivity index (χ0) is 17.5. The number of hydrogen-bond acceptors (Lipinski definition) is 4. The number of benzene rings is 1. The summed E-state index contributed by atoms with van der Waals surface area (Å²) in [6, 6.07) is 5.17. The highest BCUT2D eigenvalue weighted by Crippen LogP contribution is 2.25. The Kier molecular flexibility index (Phi) is 6.29. The predicted molar refractivity (Wildman–Crippen MR) is 95.2 cm³/mol. The van der Waals surface area contributed by atoms with E-state index < -0.39 is 6.04 Å². The van der Waals surface area contributed by atoms with E-state index in [4.69, 9.17) is 0 Å². The van der Waals surface area contributed by atoms with E-state index in [2.05, 4.69) is 11.5 Å². The Labute approximate surface area is 142 Å². The normalized spacial score (nSPS) is 15.0. The molecule has 1 aliphatic rings. The molecule has 1 aromatic carbocycles. The van der Waals surface area contributed by atoms with Gasteiger partial charge in [-0.25, -0.2) is 0 Å². The van der Waals surface area contributed by atoms with Gasteiger partial charge in [-0.05, 0) is 37.0 Å². The van der Waals surface area contributed by atoms with Crippen LogP contribution in [0.2, 0.25) is 0 Å². The number of rotatable bonds is 8. The molecule has 1 atom stereocenters. The lowest BCUT2D eigenvalue weighted by Crippen LogP contribution is -2.38. The van der Waals surface area contributed by atoms with Gasteiger partial charge in [0.05, 0.1) is 6.04 Å². The highest BCUT2D eigenvalue weighted by Gasteiger charge is 2.23. The second-order valence-electron chi connectivity index (χ2n) is 6.03. The summed E-state index contributed by atoms with van der Waals surface area (Å²) in [4.78, 5) is 38.4. The Hall–Kier alpha value is -2.43. The molecule has 2 rings (SSSR count). The molecule has 24 heavy (non-hydrogen) atoms.